The van der Waals surface area contributed by atoms with E-state index < -0.39 is 0 Å². The number of aromatic nitrogens is 4. The maximum atomic E-state index is 13.5. The molecule has 1 saturated carbocycles. The van der Waals surface area contributed by atoms with Crippen LogP contribution in [0.2, 0.25) is 0 Å². The number of anilines is 3. The Bertz CT molecular complexity index is 1490. The zero-order chi connectivity index (χ0) is 30.3. The zero-order valence-corrected chi connectivity index (χ0v) is 25.5. The molecule has 0 bridgehead atoms. The number of unbranched alkanes of at least 4 members (excludes halogenated alkanes) is 1. The minimum Gasteiger partial charge on any atom is -0.367 e. The number of piperazine rings is 1. The van der Waals surface area contributed by atoms with Crippen molar-refractivity contribution in [1.82, 2.24) is 35.1 Å². The maximum Gasteiger partial charge on any atom is 0.263 e. The van der Waals surface area contributed by atoms with Gasteiger partial charge in [-0.2, -0.15) is 4.98 Å². The van der Waals surface area contributed by atoms with E-state index in [1.54, 1.807) is 17.7 Å². The second kappa shape index (κ2) is 14.0. The van der Waals surface area contributed by atoms with Gasteiger partial charge in [0.1, 0.15) is 11.5 Å². The van der Waals surface area contributed by atoms with Crippen molar-refractivity contribution in [3.05, 3.63) is 46.0 Å². The van der Waals surface area contributed by atoms with Gasteiger partial charge in [-0.15, -0.1) is 0 Å². The fraction of sp³-hybridized carbons (Fsp3) is 0.548. The summed E-state index contributed by atoms with van der Waals surface area (Å²) in [6.45, 7) is 8.30. The summed E-state index contributed by atoms with van der Waals surface area (Å²) in [5.41, 5.74) is 2.11. The highest BCUT2D eigenvalue weighted by Crippen LogP contribution is 2.32. The van der Waals surface area contributed by atoms with E-state index in [1.165, 1.54) is 6.92 Å². The molecule has 0 aromatic carbocycles. The number of Topliss-reactive ketones (excluding diaryl/α,β-unsaturated/α-hetero) is 1. The molecule has 0 radical (unpaired) electrons. The molecule has 0 spiro atoms. The van der Waals surface area contributed by atoms with Crippen LogP contribution in [-0.2, 0) is 4.79 Å². The molecule has 3 aromatic heterocycles. The fourth-order valence-electron chi connectivity index (χ4n) is 6.14. The number of rotatable bonds is 12. The lowest BCUT2D eigenvalue weighted by Crippen LogP contribution is -2.51. The molecule has 3 aromatic rings. The molecule has 43 heavy (non-hydrogen) atoms. The monoisotopic (exact) mass is 589 g/mol. The Balaban J connectivity index is 1.22. The van der Waals surface area contributed by atoms with Gasteiger partial charge >= 0.3 is 0 Å². The average Bonchev–Trinajstić information content (AvgIpc) is 3.54. The normalized spacial score (nSPS) is 15.8. The predicted molar refractivity (Wildman–Crippen MR) is 168 cm³/mol. The number of carbonyl (C=O) groups is 2. The van der Waals surface area contributed by atoms with Crippen LogP contribution in [0.3, 0.4) is 0 Å². The number of aryl methyl sites for hydroxylation is 1. The summed E-state index contributed by atoms with van der Waals surface area (Å²) >= 11 is 0. The summed E-state index contributed by atoms with van der Waals surface area (Å²) in [5, 5.41) is 10.3. The van der Waals surface area contributed by atoms with Gasteiger partial charge in [-0.1, -0.05) is 12.8 Å². The molecule has 5 rings (SSSR count). The van der Waals surface area contributed by atoms with Crippen LogP contribution in [0.5, 0.6) is 0 Å². The Morgan fingerprint density at radius 2 is 1.74 bits per heavy atom. The molecule has 2 aliphatic rings. The van der Waals surface area contributed by atoms with Gasteiger partial charge in [0.05, 0.1) is 24.0 Å². The number of ketones is 1. The van der Waals surface area contributed by atoms with Crippen molar-refractivity contribution >= 4 is 40.2 Å². The van der Waals surface area contributed by atoms with E-state index in [0.29, 0.717) is 48.0 Å². The minimum atomic E-state index is -0.269. The number of nitrogens with zero attached hydrogens (tertiary/aromatic N) is 6. The Kier molecular flexibility index (Phi) is 9.98. The third-order valence-electron chi connectivity index (χ3n) is 8.54. The topological polar surface area (TPSA) is 137 Å². The van der Waals surface area contributed by atoms with Crippen LogP contribution in [0.4, 0.5) is 17.5 Å². The van der Waals surface area contributed by atoms with Gasteiger partial charge in [0.25, 0.3) is 5.56 Å². The van der Waals surface area contributed by atoms with E-state index >= 15 is 0 Å². The van der Waals surface area contributed by atoms with Crippen LogP contribution >= 0.6 is 0 Å². The molecule has 12 nitrogen and oxygen atoms in total. The van der Waals surface area contributed by atoms with Crippen LogP contribution in [0.25, 0.3) is 11.0 Å². The number of hydrogen-bond acceptors (Lipinski definition) is 10. The van der Waals surface area contributed by atoms with Crippen molar-refractivity contribution < 1.29 is 9.59 Å². The second-order valence-electron chi connectivity index (χ2n) is 11.5. The van der Waals surface area contributed by atoms with Crippen molar-refractivity contribution in [2.24, 2.45) is 0 Å². The van der Waals surface area contributed by atoms with Gasteiger partial charge in [-0.05, 0) is 77.4 Å². The molecule has 230 valence electrons. The van der Waals surface area contributed by atoms with E-state index in [0.717, 1.165) is 70.4 Å². The molecule has 1 amide bonds. The number of pyridine rings is 2. The van der Waals surface area contributed by atoms with Crippen molar-refractivity contribution in [3.8, 4) is 0 Å². The Labute approximate surface area is 252 Å². The summed E-state index contributed by atoms with van der Waals surface area (Å²) in [6, 6.07) is 3.90. The average molecular weight is 590 g/mol. The molecular formula is C31H43N9O3. The molecule has 1 aliphatic heterocycles. The molecule has 4 heterocycles. The molecule has 3 N–H and O–H groups in total. The first-order valence-electron chi connectivity index (χ1n) is 15.4. The highest BCUT2D eigenvalue weighted by Gasteiger charge is 2.26. The first-order valence-corrected chi connectivity index (χ1v) is 15.4. The van der Waals surface area contributed by atoms with Crippen molar-refractivity contribution in [2.45, 2.75) is 58.4 Å². The number of hydrogen-bond donors (Lipinski definition) is 3. The number of fused-ring (bicyclic) bond motifs is 1. The van der Waals surface area contributed by atoms with Gasteiger partial charge < -0.3 is 25.8 Å². The summed E-state index contributed by atoms with van der Waals surface area (Å²) in [4.78, 5) is 56.4. The van der Waals surface area contributed by atoms with E-state index in [4.69, 9.17) is 4.98 Å². The third-order valence-corrected chi connectivity index (χ3v) is 8.54. The smallest absolute Gasteiger partial charge is 0.263 e. The summed E-state index contributed by atoms with van der Waals surface area (Å²) in [7, 11) is 1.95. The molecule has 0 unspecified atom stereocenters. The first kappa shape index (κ1) is 30.6. The van der Waals surface area contributed by atoms with Crippen LogP contribution in [0, 0.1) is 6.92 Å². The minimum absolute atomic E-state index is 0.0224. The summed E-state index contributed by atoms with van der Waals surface area (Å²) in [5.74, 6) is 0.840. The van der Waals surface area contributed by atoms with Gasteiger partial charge in [-0.25, -0.2) is 9.97 Å². The van der Waals surface area contributed by atoms with E-state index in [-0.39, 0.29) is 28.9 Å². The highest BCUT2D eigenvalue weighted by atomic mass is 16.2. The second-order valence-corrected chi connectivity index (χ2v) is 11.5. The molecule has 12 heteroatoms. The molecule has 1 aliphatic carbocycles. The van der Waals surface area contributed by atoms with E-state index in [2.05, 4.69) is 30.8 Å². The zero-order valence-electron chi connectivity index (χ0n) is 25.5. The van der Waals surface area contributed by atoms with Crippen LogP contribution in [0.15, 0.2) is 29.3 Å². The van der Waals surface area contributed by atoms with Crippen molar-refractivity contribution in [1.29, 1.82) is 0 Å². The molecule has 2 fully saturated rings. The Morgan fingerprint density at radius 3 is 2.42 bits per heavy atom. The number of carbonyl (C=O) groups excluding carboxylic acids is 2. The Morgan fingerprint density at radius 1 is 1.00 bits per heavy atom. The largest absolute Gasteiger partial charge is 0.367 e. The quantitative estimate of drug-likeness (QED) is 0.214. The number of nitrogens with one attached hydrogen (secondary N) is 3. The van der Waals surface area contributed by atoms with E-state index in [1.807, 2.05) is 30.3 Å². The fourth-order valence-corrected chi connectivity index (χ4v) is 6.14. The lowest BCUT2D eigenvalue weighted by molar-refractivity contribution is -0.130. The van der Waals surface area contributed by atoms with Crippen LogP contribution in [0.1, 0.15) is 67.4 Å². The lowest BCUT2D eigenvalue weighted by atomic mass is 10.0. The SMILES string of the molecule is CNCCCCNCC(=O)N1CCN(c2ccc(Nc3ncc4c(C)c(C(C)=O)c(=O)n(C5CCCC5)c4n3)nc2)CC1. The Hall–Kier alpha value is -3.90. The molecular weight excluding hydrogens is 546 g/mol. The molecule has 1 saturated heterocycles. The predicted octanol–water partition coefficient (Wildman–Crippen LogP) is 2.79. The number of amides is 1. The molecule has 0 atom stereocenters. The van der Waals surface area contributed by atoms with Gasteiger partial charge in [-0.3, -0.25) is 19.0 Å². The maximum absolute atomic E-state index is 13.5. The van der Waals surface area contributed by atoms with E-state index in [9.17, 15) is 14.4 Å². The standard InChI is InChI=1S/C31H43N9O3/c1-21-25-19-35-31(37-29(25)40(23-8-4-5-9-23)30(43)28(21)22(2)41)36-26-11-10-24(18-34-26)38-14-16-39(17-15-38)27(42)20-33-13-7-6-12-32-3/h10-11,18-19,23,32-33H,4-9,12-17,20H2,1-3H3,(H,34,35,36,37). The summed E-state index contributed by atoms with van der Waals surface area (Å²) < 4.78 is 1.71. The summed E-state index contributed by atoms with van der Waals surface area (Å²) in [6.07, 6.45) is 9.53. The lowest BCUT2D eigenvalue weighted by Gasteiger charge is -2.36. The van der Waals surface area contributed by atoms with Gasteiger partial charge in [0, 0.05) is 43.8 Å². The van der Waals surface area contributed by atoms with Gasteiger partial charge in [0.2, 0.25) is 11.9 Å². The van der Waals surface area contributed by atoms with Crippen LogP contribution in [-0.4, -0.2) is 89.0 Å². The first-order chi connectivity index (χ1) is 20.9. The van der Waals surface area contributed by atoms with Gasteiger partial charge in [0.15, 0.2) is 5.78 Å². The van der Waals surface area contributed by atoms with Crippen molar-refractivity contribution in [3.63, 3.8) is 0 Å². The van der Waals surface area contributed by atoms with Crippen LogP contribution < -0.4 is 26.4 Å². The van der Waals surface area contributed by atoms with Crippen molar-refractivity contribution in [2.75, 3.05) is 63.1 Å². The highest BCUT2D eigenvalue weighted by molar-refractivity contribution is 5.99. The third kappa shape index (κ3) is 7.02.